The maximum Gasteiger partial charge on any atom is 0.0519 e. The third-order valence-corrected chi connectivity index (χ3v) is 3.34. The Morgan fingerprint density at radius 3 is 3.00 bits per heavy atom. The highest BCUT2D eigenvalue weighted by Crippen LogP contribution is 2.21. The second kappa shape index (κ2) is 5.09. The van der Waals surface area contributed by atoms with Crippen molar-refractivity contribution >= 4 is 17.0 Å². The van der Waals surface area contributed by atoms with E-state index in [9.17, 15) is 0 Å². The normalized spacial score (nSPS) is 10.4. The summed E-state index contributed by atoms with van der Waals surface area (Å²) in [5, 5.41) is 2.10. The van der Waals surface area contributed by atoms with Crippen LogP contribution in [0.1, 0.15) is 10.4 Å². The van der Waals surface area contributed by atoms with Crippen LogP contribution >= 0.6 is 11.3 Å². The van der Waals surface area contributed by atoms with Crippen molar-refractivity contribution in [2.24, 2.45) is 5.73 Å². The summed E-state index contributed by atoms with van der Waals surface area (Å²) in [6.45, 7) is 1.44. The molecule has 0 amide bonds. The quantitative estimate of drug-likeness (QED) is 0.880. The van der Waals surface area contributed by atoms with Gasteiger partial charge in [-0.1, -0.05) is 6.07 Å². The zero-order valence-corrected chi connectivity index (χ0v) is 10.1. The van der Waals surface area contributed by atoms with Gasteiger partial charge in [-0.05, 0) is 17.5 Å². The van der Waals surface area contributed by atoms with Crippen molar-refractivity contribution in [2.75, 3.05) is 11.9 Å². The van der Waals surface area contributed by atoms with Gasteiger partial charge >= 0.3 is 0 Å². The summed E-state index contributed by atoms with van der Waals surface area (Å²) in [6, 6.07) is 6.23. The van der Waals surface area contributed by atoms with Gasteiger partial charge in [-0.2, -0.15) is 0 Å². The van der Waals surface area contributed by atoms with Crippen molar-refractivity contribution < 1.29 is 0 Å². The van der Waals surface area contributed by atoms with Crippen LogP contribution in [0.3, 0.4) is 0 Å². The molecule has 0 bridgehead atoms. The molecule has 4 heteroatoms. The summed E-state index contributed by atoms with van der Waals surface area (Å²) in [5.41, 5.74) is 7.94. The summed E-state index contributed by atoms with van der Waals surface area (Å²) < 4.78 is 0. The Morgan fingerprint density at radius 1 is 1.44 bits per heavy atom. The van der Waals surface area contributed by atoms with Gasteiger partial charge in [0.25, 0.3) is 0 Å². The topological polar surface area (TPSA) is 42.2 Å². The van der Waals surface area contributed by atoms with Crippen LogP contribution < -0.4 is 10.6 Å². The minimum atomic E-state index is 0.526. The number of pyridine rings is 1. The van der Waals surface area contributed by atoms with Crippen molar-refractivity contribution in [2.45, 2.75) is 13.1 Å². The molecule has 84 valence electrons. The molecular weight excluding hydrogens is 218 g/mol. The third kappa shape index (κ3) is 2.40. The first kappa shape index (κ1) is 11.1. The van der Waals surface area contributed by atoms with E-state index in [1.807, 2.05) is 12.3 Å². The van der Waals surface area contributed by atoms with Crippen LogP contribution in [0.25, 0.3) is 0 Å². The number of hydrogen-bond acceptors (Lipinski definition) is 4. The summed E-state index contributed by atoms with van der Waals surface area (Å²) in [6.07, 6.45) is 3.64. The summed E-state index contributed by atoms with van der Waals surface area (Å²) in [5.74, 6) is 0. The molecule has 3 nitrogen and oxygen atoms in total. The van der Waals surface area contributed by atoms with Crippen LogP contribution in [0.5, 0.6) is 0 Å². The fraction of sp³-hybridized carbons (Fsp3) is 0.250. The Morgan fingerprint density at radius 2 is 2.31 bits per heavy atom. The highest BCUT2D eigenvalue weighted by molar-refractivity contribution is 7.09. The van der Waals surface area contributed by atoms with E-state index in [4.69, 9.17) is 5.73 Å². The molecule has 0 fully saturated rings. The van der Waals surface area contributed by atoms with Crippen LogP contribution in [-0.2, 0) is 13.1 Å². The molecule has 0 atom stereocenters. The predicted molar refractivity (Wildman–Crippen MR) is 68.6 cm³/mol. The molecule has 0 aliphatic rings. The van der Waals surface area contributed by atoms with Crippen molar-refractivity contribution in [1.82, 2.24) is 4.98 Å². The van der Waals surface area contributed by atoms with Gasteiger partial charge in [0, 0.05) is 42.1 Å². The monoisotopic (exact) mass is 233 g/mol. The molecule has 0 saturated heterocycles. The molecule has 2 N–H and O–H groups in total. The van der Waals surface area contributed by atoms with E-state index in [2.05, 4.69) is 34.4 Å². The van der Waals surface area contributed by atoms with Crippen LogP contribution in [0.4, 0.5) is 5.69 Å². The van der Waals surface area contributed by atoms with Gasteiger partial charge in [-0.15, -0.1) is 11.3 Å². The van der Waals surface area contributed by atoms with Crippen molar-refractivity contribution in [3.8, 4) is 0 Å². The second-order valence-corrected chi connectivity index (χ2v) is 4.68. The summed E-state index contributed by atoms with van der Waals surface area (Å²) >= 11 is 1.77. The highest BCUT2D eigenvalue weighted by Gasteiger charge is 2.07. The molecule has 2 rings (SSSR count). The number of nitrogens with two attached hydrogens (primary N) is 1. The first-order valence-electron chi connectivity index (χ1n) is 5.17. The van der Waals surface area contributed by atoms with E-state index < -0.39 is 0 Å². The SMILES string of the molecule is CN(Cc1cccs1)c1ccncc1CN. The number of aromatic nitrogens is 1. The lowest BCUT2D eigenvalue weighted by molar-refractivity contribution is 0.911. The van der Waals surface area contributed by atoms with Gasteiger partial charge in [0.1, 0.15) is 0 Å². The Bertz CT molecular complexity index is 439. The van der Waals surface area contributed by atoms with E-state index in [1.54, 1.807) is 17.5 Å². The van der Waals surface area contributed by atoms with Crippen molar-refractivity contribution in [3.05, 3.63) is 46.4 Å². The van der Waals surface area contributed by atoms with Crippen LogP contribution in [-0.4, -0.2) is 12.0 Å². The Hall–Kier alpha value is -1.39. The standard InChI is InChI=1S/C12H15N3S/c1-15(9-11-3-2-6-16-11)12-4-5-14-8-10(12)7-13/h2-6,8H,7,9,13H2,1H3. The zero-order valence-electron chi connectivity index (χ0n) is 9.26. The number of nitrogens with zero attached hydrogens (tertiary/aromatic N) is 2. The molecule has 0 radical (unpaired) electrons. The van der Waals surface area contributed by atoms with Gasteiger partial charge in [-0.3, -0.25) is 4.98 Å². The molecule has 16 heavy (non-hydrogen) atoms. The Kier molecular flexibility index (Phi) is 3.54. The molecule has 0 aliphatic carbocycles. The fourth-order valence-electron chi connectivity index (χ4n) is 1.67. The Labute approximate surface area is 99.5 Å². The van der Waals surface area contributed by atoms with Gasteiger partial charge in [-0.25, -0.2) is 0 Å². The number of rotatable bonds is 4. The number of anilines is 1. The van der Waals surface area contributed by atoms with E-state index in [1.165, 1.54) is 4.88 Å². The van der Waals surface area contributed by atoms with E-state index in [0.29, 0.717) is 6.54 Å². The molecule has 0 saturated carbocycles. The lowest BCUT2D eigenvalue weighted by atomic mass is 10.2. The smallest absolute Gasteiger partial charge is 0.0519 e. The predicted octanol–water partition coefficient (Wildman–Crippen LogP) is 2.24. The van der Waals surface area contributed by atoms with E-state index in [-0.39, 0.29) is 0 Å². The second-order valence-electron chi connectivity index (χ2n) is 3.64. The third-order valence-electron chi connectivity index (χ3n) is 2.48. The highest BCUT2D eigenvalue weighted by atomic mass is 32.1. The average molecular weight is 233 g/mol. The van der Waals surface area contributed by atoms with E-state index in [0.717, 1.165) is 17.8 Å². The minimum absolute atomic E-state index is 0.526. The van der Waals surface area contributed by atoms with Crippen LogP contribution in [0.2, 0.25) is 0 Å². The van der Waals surface area contributed by atoms with Gasteiger partial charge in [0.05, 0.1) is 6.54 Å². The van der Waals surface area contributed by atoms with Crippen molar-refractivity contribution in [1.29, 1.82) is 0 Å². The van der Waals surface area contributed by atoms with Gasteiger partial charge in [0.15, 0.2) is 0 Å². The number of hydrogen-bond donors (Lipinski definition) is 1. The van der Waals surface area contributed by atoms with Crippen molar-refractivity contribution in [3.63, 3.8) is 0 Å². The average Bonchev–Trinajstić information content (AvgIpc) is 2.81. The molecule has 2 heterocycles. The lowest BCUT2D eigenvalue weighted by Gasteiger charge is -2.20. The van der Waals surface area contributed by atoms with E-state index >= 15 is 0 Å². The maximum absolute atomic E-state index is 5.70. The first-order valence-corrected chi connectivity index (χ1v) is 6.05. The molecule has 0 aliphatic heterocycles. The lowest BCUT2D eigenvalue weighted by Crippen LogP contribution is -2.18. The molecule has 0 aromatic carbocycles. The number of thiophene rings is 1. The summed E-state index contributed by atoms with van der Waals surface area (Å²) in [4.78, 5) is 7.64. The molecule has 0 unspecified atom stereocenters. The largest absolute Gasteiger partial charge is 0.369 e. The van der Waals surface area contributed by atoms with Crippen LogP contribution in [0.15, 0.2) is 36.0 Å². The van der Waals surface area contributed by atoms with Crippen LogP contribution in [0, 0.1) is 0 Å². The maximum atomic E-state index is 5.70. The minimum Gasteiger partial charge on any atom is -0.369 e. The molecule has 2 aromatic heterocycles. The zero-order chi connectivity index (χ0) is 11.4. The fourth-order valence-corrected chi connectivity index (χ4v) is 2.43. The molecule has 0 spiro atoms. The first-order chi connectivity index (χ1) is 7.81. The molecular formula is C12H15N3S. The summed E-state index contributed by atoms with van der Waals surface area (Å²) in [7, 11) is 2.08. The van der Waals surface area contributed by atoms with Gasteiger partial charge < -0.3 is 10.6 Å². The van der Waals surface area contributed by atoms with Gasteiger partial charge in [0.2, 0.25) is 0 Å². The molecule has 2 aromatic rings. The Balaban J connectivity index is 2.17.